The minimum absolute atomic E-state index is 0.181. The first-order chi connectivity index (χ1) is 11.2. The fourth-order valence-corrected chi connectivity index (χ4v) is 3.71. The number of amides is 2. The van der Waals surface area contributed by atoms with E-state index in [0.717, 1.165) is 6.07 Å². The Balaban J connectivity index is 2.17. The van der Waals surface area contributed by atoms with Crippen molar-refractivity contribution in [3.63, 3.8) is 0 Å². The highest BCUT2D eigenvalue weighted by molar-refractivity contribution is 8.45. The fraction of sp³-hybridized carbons (Fsp3) is 0.385. The molecule has 1 fully saturated rings. The molecular formula is C13H15F5N2O3S2. The molecule has 0 bridgehead atoms. The number of nitrogens with one attached hydrogen (secondary N) is 2. The van der Waals surface area contributed by atoms with Crippen molar-refractivity contribution in [2.75, 3.05) is 0 Å². The van der Waals surface area contributed by atoms with Crippen molar-refractivity contribution in [1.29, 1.82) is 0 Å². The summed E-state index contributed by atoms with van der Waals surface area (Å²) in [7, 11) is -9.82. The maximum atomic E-state index is 12.9. The molecule has 142 valence electrons. The molecule has 1 aliphatic heterocycles. The average molecular weight is 406 g/mol. The third kappa shape index (κ3) is 5.14. The largest absolute Gasteiger partial charge is 0.425 e. The van der Waals surface area contributed by atoms with Gasteiger partial charge in [0.05, 0.1) is 0 Å². The van der Waals surface area contributed by atoms with E-state index in [1.54, 1.807) is 13.8 Å². The van der Waals surface area contributed by atoms with Crippen LogP contribution in [0.4, 0.5) is 24.2 Å². The molecule has 2 unspecified atom stereocenters. The van der Waals surface area contributed by atoms with Gasteiger partial charge >= 0.3 is 16.3 Å². The molecule has 1 aromatic carbocycles. The SMILES string of the molecule is CC(C)NC(=O)OC1SC(c2cccc(S(F)(F)(F)(F)F)c2)NC1=O. The van der Waals surface area contributed by atoms with Crippen LogP contribution >= 0.6 is 22.0 Å². The molecule has 1 heterocycles. The van der Waals surface area contributed by atoms with Crippen molar-refractivity contribution in [3.8, 4) is 0 Å². The molecule has 25 heavy (non-hydrogen) atoms. The van der Waals surface area contributed by atoms with Gasteiger partial charge in [0.1, 0.15) is 10.3 Å². The van der Waals surface area contributed by atoms with Crippen LogP contribution in [0.3, 0.4) is 0 Å². The topological polar surface area (TPSA) is 67.4 Å². The van der Waals surface area contributed by atoms with Gasteiger partial charge in [-0.1, -0.05) is 43.3 Å². The monoisotopic (exact) mass is 406 g/mol. The van der Waals surface area contributed by atoms with E-state index in [1.165, 1.54) is 6.07 Å². The molecule has 2 N–H and O–H groups in total. The molecule has 5 nitrogen and oxygen atoms in total. The second-order valence-electron chi connectivity index (χ2n) is 5.60. The molecule has 0 radical (unpaired) electrons. The van der Waals surface area contributed by atoms with Crippen molar-refractivity contribution in [1.82, 2.24) is 10.6 Å². The zero-order valence-electron chi connectivity index (χ0n) is 13.0. The van der Waals surface area contributed by atoms with Crippen LogP contribution in [0.5, 0.6) is 0 Å². The van der Waals surface area contributed by atoms with Gasteiger partial charge in [0.15, 0.2) is 0 Å². The van der Waals surface area contributed by atoms with Crippen LogP contribution in [-0.4, -0.2) is 23.5 Å². The average Bonchev–Trinajstić information content (AvgIpc) is 2.77. The molecule has 0 aromatic heterocycles. The van der Waals surface area contributed by atoms with Crippen molar-refractivity contribution in [2.24, 2.45) is 0 Å². The standard InChI is InChI=1S/C13H15F5N2O3S2/c1-7(2)19-13(22)23-12-10(21)20-11(24-12)8-4-3-5-9(6-8)25(14,15,16,17)18/h3-7,11-12H,1-2H3,(H,19,22)(H,20,21). The first-order valence-corrected chi connectivity index (χ1v) is 9.82. The Bertz CT molecular complexity index is 711. The van der Waals surface area contributed by atoms with Gasteiger partial charge < -0.3 is 15.4 Å². The van der Waals surface area contributed by atoms with Gasteiger partial charge in [-0.2, -0.15) is 0 Å². The summed E-state index contributed by atoms with van der Waals surface area (Å²) in [6, 6.07) is 2.32. The summed E-state index contributed by atoms with van der Waals surface area (Å²) in [6.45, 7) is 3.33. The van der Waals surface area contributed by atoms with Crippen molar-refractivity contribution >= 4 is 34.0 Å². The quantitative estimate of drug-likeness (QED) is 0.714. The highest BCUT2D eigenvalue weighted by atomic mass is 32.5. The summed E-state index contributed by atoms with van der Waals surface area (Å²) in [5.41, 5.74) is -1.48. The van der Waals surface area contributed by atoms with Crippen LogP contribution in [0.2, 0.25) is 0 Å². The second-order valence-corrected chi connectivity index (χ2v) is 9.18. The molecule has 0 spiro atoms. The Labute approximate surface area is 144 Å². The summed E-state index contributed by atoms with van der Waals surface area (Å²) in [5, 5.41) is 3.64. The predicted molar refractivity (Wildman–Crippen MR) is 84.9 cm³/mol. The Morgan fingerprint density at radius 2 is 1.92 bits per heavy atom. The van der Waals surface area contributed by atoms with Gasteiger partial charge in [0.25, 0.3) is 5.91 Å². The zero-order chi connectivity index (χ0) is 19.1. The molecule has 0 aliphatic carbocycles. The molecular weight excluding hydrogens is 391 g/mol. The van der Waals surface area contributed by atoms with E-state index in [-0.39, 0.29) is 23.7 Å². The number of benzene rings is 1. The lowest BCUT2D eigenvalue weighted by molar-refractivity contribution is -0.124. The fourth-order valence-electron chi connectivity index (χ4n) is 1.94. The minimum atomic E-state index is -9.82. The lowest BCUT2D eigenvalue weighted by atomic mass is 10.2. The summed E-state index contributed by atoms with van der Waals surface area (Å²) >= 11 is 0.702. The van der Waals surface area contributed by atoms with Crippen molar-refractivity contribution in [3.05, 3.63) is 29.8 Å². The van der Waals surface area contributed by atoms with Crippen LogP contribution in [0.25, 0.3) is 0 Å². The van der Waals surface area contributed by atoms with E-state index in [2.05, 4.69) is 10.6 Å². The van der Waals surface area contributed by atoms with E-state index in [9.17, 15) is 29.0 Å². The maximum Gasteiger partial charge on any atom is 0.408 e. The number of hydrogen-bond donors (Lipinski definition) is 2. The molecule has 2 amide bonds. The Kier molecular flexibility index (Phi) is 4.44. The Morgan fingerprint density at radius 3 is 2.48 bits per heavy atom. The lowest BCUT2D eigenvalue weighted by Gasteiger charge is -2.40. The Hall–Kier alpha value is -1.69. The number of hydrogen-bond acceptors (Lipinski definition) is 4. The summed E-state index contributed by atoms with van der Waals surface area (Å²) in [4.78, 5) is 21.2. The summed E-state index contributed by atoms with van der Waals surface area (Å²) in [6.07, 6.45) is -0.871. The highest BCUT2D eigenvalue weighted by Crippen LogP contribution is 3.02. The smallest absolute Gasteiger partial charge is 0.408 e. The third-order valence-electron chi connectivity index (χ3n) is 2.97. The third-order valence-corrected chi connectivity index (χ3v) is 5.34. The maximum absolute atomic E-state index is 12.9. The van der Waals surface area contributed by atoms with Crippen LogP contribution in [-0.2, 0) is 9.53 Å². The Morgan fingerprint density at radius 1 is 1.28 bits per heavy atom. The molecule has 0 saturated carbocycles. The lowest BCUT2D eigenvalue weighted by Crippen LogP contribution is -2.35. The van der Waals surface area contributed by atoms with E-state index >= 15 is 0 Å². The second kappa shape index (κ2) is 5.66. The molecule has 2 rings (SSSR count). The number of carbonyl (C=O) groups excluding carboxylic acids is 2. The molecule has 2 atom stereocenters. The number of carbonyl (C=O) groups is 2. The summed E-state index contributed by atoms with van der Waals surface area (Å²) in [5.74, 6) is -0.744. The normalized spacial score (nSPS) is 23.6. The van der Waals surface area contributed by atoms with Gasteiger partial charge in [-0.25, -0.2) is 4.79 Å². The van der Waals surface area contributed by atoms with Gasteiger partial charge in [-0.3, -0.25) is 4.79 Å². The van der Waals surface area contributed by atoms with E-state index in [1.807, 2.05) is 0 Å². The molecule has 12 heteroatoms. The van der Waals surface area contributed by atoms with E-state index in [4.69, 9.17) is 4.74 Å². The molecule has 1 aromatic rings. The van der Waals surface area contributed by atoms with Crippen LogP contribution < -0.4 is 10.6 Å². The van der Waals surface area contributed by atoms with Gasteiger partial charge in [-0.15, -0.1) is 0 Å². The predicted octanol–water partition coefficient (Wildman–Crippen LogP) is 4.67. The summed E-state index contributed by atoms with van der Waals surface area (Å²) < 4.78 is 69.3. The number of thioether (sulfide) groups is 1. The van der Waals surface area contributed by atoms with Gasteiger partial charge in [0, 0.05) is 6.04 Å². The van der Waals surface area contributed by atoms with Crippen molar-refractivity contribution < 1.29 is 33.8 Å². The van der Waals surface area contributed by atoms with Gasteiger partial charge in [-0.05, 0) is 31.5 Å². The van der Waals surface area contributed by atoms with E-state index < -0.39 is 37.9 Å². The first-order valence-electron chi connectivity index (χ1n) is 6.93. The van der Waals surface area contributed by atoms with Crippen LogP contribution in [0, 0.1) is 0 Å². The van der Waals surface area contributed by atoms with Gasteiger partial charge in [0.2, 0.25) is 5.44 Å². The number of ether oxygens (including phenoxy) is 1. The zero-order valence-corrected chi connectivity index (χ0v) is 14.6. The molecule has 1 saturated heterocycles. The highest BCUT2D eigenvalue weighted by Gasteiger charge is 2.65. The van der Waals surface area contributed by atoms with E-state index in [0.29, 0.717) is 11.8 Å². The number of alkyl carbamates (subject to hydrolysis) is 1. The number of rotatable bonds is 4. The minimum Gasteiger partial charge on any atom is -0.425 e. The van der Waals surface area contributed by atoms with Crippen molar-refractivity contribution in [2.45, 2.75) is 35.6 Å². The number of halogens is 5. The van der Waals surface area contributed by atoms with Crippen LogP contribution in [0.15, 0.2) is 29.2 Å². The molecule has 1 aliphatic rings. The first kappa shape index (κ1) is 19.6. The van der Waals surface area contributed by atoms with Crippen LogP contribution in [0.1, 0.15) is 24.8 Å².